The summed E-state index contributed by atoms with van der Waals surface area (Å²) in [6.07, 6.45) is 2.04. The van der Waals surface area contributed by atoms with E-state index in [0.717, 1.165) is 12.1 Å². The molecule has 130 valence electrons. The summed E-state index contributed by atoms with van der Waals surface area (Å²) in [5.41, 5.74) is 1.45. The van der Waals surface area contributed by atoms with Crippen molar-refractivity contribution in [1.82, 2.24) is 0 Å². The van der Waals surface area contributed by atoms with Crippen molar-refractivity contribution in [2.24, 2.45) is 0 Å². The van der Waals surface area contributed by atoms with Crippen LogP contribution in [0.15, 0.2) is 24.3 Å². The number of carbonyl (C=O) groups excluding carboxylic acids is 2. The van der Waals surface area contributed by atoms with E-state index in [2.05, 4.69) is 5.32 Å². The highest BCUT2D eigenvalue weighted by Gasteiger charge is 2.28. The molecule has 0 aliphatic carbocycles. The van der Waals surface area contributed by atoms with E-state index in [4.69, 9.17) is 0 Å². The van der Waals surface area contributed by atoms with Crippen LogP contribution in [0.3, 0.4) is 0 Å². The van der Waals surface area contributed by atoms with Crippen LogP contribution in [0.2, 0.25) is 0 Å². The number of nitrogens with one attached hydrogen (secondary N) is 1. The maximum absolute atomic E-state index is 12.1. The first-order chi connectivity index (χ1) is 11.4. The molecule has 1 aromatic rings. The van der Waals surface area contributed by atoms with Crippen molar-refractivity contribution in [3.63, 3.8) is 0 Å². The summed E-state index contributed by atoms with van der Waals surface area (Å²) in [6, 6.07) is 7.25. The predicted octanol–water partition coefficient (Wildman–Crippen LogP) is 1.67. The molecule has 0 saturated carbocycles. The number of hydrogen-bond acceptors (Lipinski definition) is 5. The Morgan fingerprint density at radius 2 is 2.21 bits per heavy atom. The molecule has 2 aliphatic heterocycles. The summed E-state index contributed by atoms with van der Waals surface area (Å²) >= 11 is 1.39. The number of carbonyl (C=O) groups is 2. The van der Waals surface area contributed by atoms with Crippen LogP contribution in [0.25, 0.3) is 0 Å². The first-order valence-electron chi connectivity index (χ1n) is 7.95. The van der Waals surface area contributed by atoms with Gasteiger partial charge in [-0.2, -0.15) is 0 Å². The molecule has 1 N–H and O–H groups in total. The minimum atomic E-state index is -2.91. The van der Waals surface area contributed by atoms with Gasteiger partial charge in [0.2, 0.25) is 11.8 Å². The van der Waals surface area contributed by atoms with Gasteiger partial charge in [-0.15, -0.1) is 11.8 Å². The van der Waals surface area contributed by atoms with Gasteiger partial charge in [0.25, 0.3) is 0 Å². The van der Waals surface area contributed by atoms with E-state index in [1.54, 1.807) is 17.0 Å². The molecular formula is C16H20N2O4S2. The second-order valence-corrected chi connectivity index (χ2v) is 9.60. The molecule has 1 atom stereocenters. The SMILES string of the molecule is O=C(CS[C@H]1CCS(=O)(=O)C1)Nc1cccc(N2CCCC2=O)c1. The highest BCUT2D eigenvalue weighted by Crippen LogP contribution is 2.26. The van der Waals surface area contributed by atoms with Crippen molar-refractivity contribution in [3.8, 4) is 0 Å². The third-order valence-corrected chi connectivity index (χ3v) is 7.44. The molecule has 2 heterocycles. The fourth-order valence-corrected chi connectivity index (χ4v) is 6.40. The van der Waals surface area contributed by atoms with Crippen LogP contribution in [0, 0.1) is 0 Å². The topological polar surface area (TPSA) is 83.6 Å². The van der Waals surface area contributed by atoms with E-state index in [9.17, 15) is 18.0 Å². The van der Waals surface area contributed by atoms with E-state index in [1.165, 1.54) is 11.8 Å². The third kappa shape index (κ3) is 4.30. The fourth-order valence-electron chi connectivity index (χ4n) is 2.96. The fraction of sp³-hybridized carbons (Fsp3) is 0.500. The average molecular weight is 368 g/mol. The summed E-state index contributed by atoms with van der Waals surface area (Å²) < 4.78 is 22.8. The Labute approximate surface area is 145 Å². The molecule has 2 aliphatic rings. The zero-order chi connectivity index (χ0) is 17.2. The lowest BCUT2D eigenvalue weighted by molar-refractivity contribution is -0.117. The quantitative estimate of drug-likeness (QED) is 0.855. The van der Waals surface area contributed by atoms with Crippen molar-refractivity contribution in [3.05, 3.63) is 24.3 Å². The monoisotopic (exact) mass is 368 g/mol. The molecule has 2 saturated heterocycles. The highest BCUT2D eigenvalue weighted by molar-refractivity contribution is 8.02. The highest BCUT2D eigenvalue weighted by atomic mass is 32.2. The normalized spacial score (nSPS) is 22.8. The number of rotatable bonds is 5. The number of nitrogens with zero attached hydrogens (tertiary/aromatic N) is 1. The van der Waals surface area contributed by atoms with Crippen LogP contribution < -0.4 is 10.2 Å². The number of anilines is 2. The first-order valence-corrected chi connectivity index (χ1v) is 10.8. The van der Waals surface area contributed by atoms with Crippen molar-refractivity contribution in [2.45, 2.75) is 24.5 Å². The first kappa shape index (κ1) is 17.3. The van der Waals surface area contributed by atoms with Crippen molar-refractivity contribution >= 4 is 44.8 Å². The molecule has 8 heteroatoms. The smallest absolute Gasteiger partial charge is 0.234 e. The number of amides is 2. The van der Waals surface area contributed by atoms with Gasteiger partial charge in [-0.1, -0.05) is 6.07 Å². The van der Waals surface area contributed by atoms with Gasteiger partial charge in [-0.25, -0.2) is 8.42 Å². The predicted molar refractivity (Wildman–Crippen MR) is 96.2 cm³/mol. The Hall–Kier alpha value is -1.54. The van der Waals surface area contributed by atoms with Crippen LogP contribution >= 0.6 is 11.8 Å². The second-order valence-electron chi connectivity index (χ2n) is 6.08. The number of sulfone groups is 1. The Morgan fingerprint density at radius 3 is 2.88 bits per heavy atom. The maximum atomic E-state index is 12.1. The summed E-state index contributed by atoms with van der Waals surface area (Å²) in [6.45, 7) is 0.711. The molecule has 3 rings (SSSR count). The molecule has 0 radical (unpaired) electrons. The molecule has 2 amide bonds. The molecule has 2 fully saturated rings. The van der Waals surface area contributed by atoms with E-state index < -0.39 is 9.84 Å². The van der Waals surface area contributed by atoms with Gasteiger partial charge >= 0.3 is 0 Å². The lowest BCUT2D eigenvalue weighted by Gasteiger charge is -2.17. The Kier molecular flexibility index (Phi) is 5.15. The molecule has 0 aromatic heterocycles. The van der Waals surface area contributed by atoms with Gasteiger partial charge in [0.1, 0.15) is 0 Å². The number of benzene rings is 1. The van der Waals surface area contributed by atoms with E-state index in [0.29, 0.717) is 25.1 Å². The van der Waals surface area contributed by atoms with Crippen LogP contribution in [-0.4, -0.2) is 49.3 Å². The van der Waals surface area contributed by atoms with Gasteiger partial charge in [-0.3, -0.25) is 9.59 Å². The summed E-state index contributed by atoms with van der Waals surface area (Å²) in [5, 5.41) is 2.83. The number of hydrogen-bond donors (Lipinski definition) is 1. The molecule has 0 bridgehead atoms. The maximum Gasteiger partial charge on any atom is 0.234 e. The Bertz CT molecular complexity index is 748. The molecule has 24 heavy (non-hydrogen) atoms. The zero-order valence-corrected chi connectivity index (χ0v) is 14.9. The van der Waals surface area contributed by atoms with Crippen LogP contribution in [0.5, 0.6) is 0 Å². The Balaban J connectivity index is 1.54. The number of thioether (sulfide) groups is 1. The molecule has 0 unspecified atom stereocenters. The molecule has 1 aromatic carbocycles. The summed E-state index contributed by atoms with van der Waals surface area (Å²) in [5.74, 6) is 0.564. The Morgan fingerprint density at radius 1 is 1.38 bits per heavy atom. The van der Waals surface area contributed by atoms with E-state index in [1.807, 2.05) is 12.1 Å². The zero-order valence-electron chi connectivity index (χ0n) is 13.2. The summed E-state index contributed by atoms with van der Waals surface area (Å²) in [4.78, 5) is 25.6. The third-order valence-electron chi connectivity index (χ3n) is 4.16. The molecule has 0 spiro atoms. The van der Waals surface area contributed by atoms with Gasteiger partial charge in [0.05, 0.1) is 17.3 Å². The minimum absolute atomic E-state index is 0.00862. The van der Waals surface area contributed by atoms with E-state index in [-0.39, 0.29) is 34.3 Å². The molecule has 6 nitrogen and oxygen atoms in total. The largest absolute Gasteiger partial charge is 0.325 e. The van der Waals surface area contributed by atoms with Gasteiger partial charge in [0.15, 0.2) is 9.84 Å². The van der Waals surface area contributed by atoms with Gasteiger partial charge < -0.3 is 10.2 Å². The van der Waals surface area contributed by atoms with Crippen molar-refractivity contribution in [1.29, 1.82) is 0 Å². The lowest BCUT2D eigenvalue weighted by Crippen LogP contribution is -2.24. The van der Waals surface area contributed by atoms with Crippen LogP contribution in [0.4, 0.5) is 11.4 Å². The van der Waals surface area contributed by atoms with Gasteiger partial charge in [-0.05, 0) is 31.0 Å². The average Bonchev–Trinajstić information content (AvgIpc) is 3.11. The van der Waals surface area contributed by atoms with Gasteiger partial charge in [0, 0.05) is 29.6 Å². The second kappa shape index (κ2) is 7.14. The minimum Gasteiger partial charge on any atom is -0.325 e. The van der Waals surface area contributed by atoms with Crippen molar-refractivity contribution < 1.29 is 18.0 Å². The summed E-state index contributed by atoms with van der Waals surface area (Å²) in [7, 11) is -2.91. The molecular weight excluding hydrogens is 348 g/mol. The van der Waals surface area contributed by atoms with E-state index >= 15 is 0 Å². The standard InChI is InChI=1S/C16H20N2O4S2/c19-15(10-23-14-6-8-24(21,22)11-14)17-12-3-1-4-13(9-12)18-7-2-5-16(18)20/h1,3-4,9,14H,2,5-8,10-11H2,(H,17,19)/t14-/m0/s1. The van der Waals surface area contributed by atoms with Crippen LogP contribution in [0.1, 0.15) is 19.3 Å². The van der Waals surface area contributed by atoms with Crippen LogP contribution in [-0.2, 0) is 19.4 Å². The van der Waals surface area contributed by atoms with Crippen molar-refractivity contribution in [2.75, 3.05) is 34.0 Å². The lowest BCUT2D eigenvalue weighted by atomic mass is 10.2.